The first-order valence-corrected chi connectivity index (χ1v) is 7.40. The van der Waals surface area contributed by atoms with Crippen LogP contribution in [0.3, 0.4) is 0 Å². The van der Waals surface area contributed by atoms with E-state index in [2.05, 4.69) is 10.6 Å². The summed E-state index contributed by atoms with van der Waals surface area (Å²) in [6.45, 7) is 1.73. The van der Waals surface area contributed by atoms with Crippen molar-refractivity contribution in [1.82, 2.24) is 0 Å². The summed E-state index contributed by atoms with van der Waals surface area (Å²) in [6.07, 6.45) is 0. The number of amides is 2. The maximum Gasteiger partial charge on any atom is 0.314 e. The third kappa shape index (κ3) is 4.45. The summed E-state index contributed by atoms with van der Waals surface area (Å²) in [7, 11) is 1.30. The standard InChI is InChI=1S/C16H14ClN3O5/c1-9-7-10(17)3-5-12(9)18-15(21)16(22)19-13-6-4-11(20(23)24)8-14(13)25-2/h3-8H,1-2H3,(H,18,21)(H,19,22). The second-order valence-corrected chi connectivity index (χ2v) is 5.45. The number of nitro benzene ring substituents is 1. The first-order valence-electron chi connectivity index (χ1n) is 7.02. The van der Waals surface area contributed by atoms with Crippen LogP contribution in [-0.4, -0.2) is 23.8 Å². The van der Waals surface area contributed by atoms with Crippen LogP contribution in [0.1, 0.15) is 5.56 Å². The molecule has 0 heterocycles. The number of benzene rings is 2. The summed E-state index contributed by atoms with van der Waals surface area (Å²) >= 11 is 5.84. The SMILES string of the molecule is COc1cc([N+](=O)[O-])ccc1NC(=O)C(=O)Nc1ccc(Cl)cc1C. The van der Waals surface area contributed by atoms with Gasteiger partial charge in [-0.25, -0.2) is 0 Å². The Kier molecular flexibility index (Phi) is 5.56. The fraction of sp³-hybridized carbons (Fsp3) is 0.125. The van der Waals surface area contributed by atoms with Gasteiger partial charge in [-0.05, 0) is 36.8 Å². The minimum atomic E-state index is -0.943. The molecular formula is C16H14ClN3O5. The number of nitrogens with zero attached hydrogens (tertiary/aromatic N) is 1. The molecule has 9 heteroatoms. The molecule has 0 bridgehead atoms. The number of hydrogen-bond donors (Lipinski definition) is 2. The fourth-order valence-electron chi connectivity index (χ4n) is 2.02. The Hall–Kier alpha value is -3.13. The van der Waals surface area contributed by atoms with E-state index < -0.39 is 16.7 Å². The highest BCUT2D eigenvalue weighted by Crippen LogP contribution is 2.29. The third-order valence-corrected chi connectivity index (χ3v) is 3.52. The molecule has 2 aromatic carbocycles. The highest BCUT2D eigenvalue weighted by atomic mass is 35.5. The van der Waals surface area contributed by atoms with Gasteiger partial charge in [0.05, 0.1) is 23.8 Å². The van der Waals surface area contributed by atoms with Crippen LogP contribution in [-0.2, 0) is 9.59 Å². The molecule has 2 aromatic rings. The molecule has 0 aliphatic rings. The molecule has 0 saturated carbocycles. The summed E-state index contributed by atoms with van der Waals surface area (Å²) in [6, 6.07) is 8.44. The van der Waals surface area contributed by atoms with Gasteiger partial charge in [-0.1, -0.05) is 11.6 Å². The number of ether oxygens (including phenoxy) is 1. The van der Waals surface area contributed by atoms with E-state index in [-0.39, 0.29) is 17.1 Å². The summed E-state index contributed by atoms with van der Waals surface area (Å²) in [5.41, 5.74) is 1.08. The van der Waals surface area contributed by atoms with Crippen LogP contribution in [0.25, 0.3) is 0 Å². The van der Waals surface area contributed by atoms with Gasteiger partial charge >= 0.3 is 11.8 Å². The Labute approximate surface area is 147 Å². The van der Waals surface area contributed by atoms with Gasteiger partial charge in [0, 0.05) is 16.8 Å². The number of nitro groups is 1. The number of carbonyl (C=O) groups is 2. The number of non-ortho nitro benzene ring substituents is 1. The first-order chi connectivity index (χ1) is 11.8. The highest BCUT2D eigenvalue weighted by Gasteiger charge is 2.18. The fourth-order valence-corrected chi connectivity index (χ4v) is 2.25. The van der Waals surface area contributed by atoms with Crippen molar-refractivity contribution in [2.45, 2.75) is 6.92 Å². The zero-order valence-corrected chi connectivity index (χ0v) is 14.1. The normalized spacial score (nSPS) is 10.0. The average molecular weight is 364 g/mol. The van der Waals surface area contributed by atoms with E-state index in [9.17, 15) is 19.7 Å². The van der Waals surface area contributed by atoms with Crippen LogP contribution in [0.15, 0.2) is 36.4 Å². The van der Waals surface area contributed by atoms with Crippen LogP contribution in [0.2, 0.25) is 5.02 Å². The lowest BCUT2D eigenvalue weighted by Gasteiger charge is -2.11. The summed E-state index contributed by atoms with van der Waals surface area (Å²) in [5, 5.41) is 16.1. The number of carbonyl (C=O) groups excluding carboxylic acids is 2. The topological polar surface area (TPSA) is 111 Å². The zero-order valence-electron chi connectivity index (χ0n) is 13.3. The number of rotatable bonds is 4. The molecule has 0 radical (unpaired) electrons. The molecule has 0 aromatic heterocycles. The molecule has 0 spiro atoms. The molecule has 2 amide bonds. The van der Waals surface area contributed by atoms with Crippen LogP contribution < -0.4 is 15.4 Å². The predicted octanol–water partition coefficient (Wildman–Crippen LogP) is 3.14. The van der Waals surface area contributed by atoms with Crippen LogP contribution in [0, 0.1) is 17.0 Å². The predicted molar refractivity (Wildman–Crippen MR) is 93.1 cm³/mol. The van der Waals surface area contributed by atoms with Crippen molar-refractivity contribution in [1.29, 1.82) is 0 Å². The minimum absolute atomic E-state index is 0.0676. The van der Waals surface area contributed by atoms with Gasteiger partial charge in [-0.3, -0.25) is 19.7 Å². The van der Waals surface area contributed by atoms with E-state index >= 15 is 0 Å². The molecule has 0 atom stereocenters. The maximum atomic E-state index is 12.0. The zero-order chi connectivity index (χ0) is 18.6. The van der Waals surface area contributed by atoms with Gasteiger partial charge in [-0.15, -0.1) is 0 Å². The molecule has 130 valence electrons. The largest absolute Gasteiger partial charge is 0.494 e. The molecule has 2 N–H and O–H groups in total. The molecular weight excluding hydrogens is 350 g/mol. The van der Waals surface area contributed by atoms with Crippen molar-refractivity contribution in [3.8, 4) is 5.75 Å². The van der Waals surface area contributed by atoms with Crippen molar-refractivity contribution in [2.75, 3.05) is 17.7 Å². The number of halogens is 1. The molecule has 0 aliphatic carbocycles. The Morgan fingerprint density at radius 2 is 1.68 bits per heavy atom. The Morgan fingerprint density at radius 3 is 2.24 bits per heavy atom. The average Bonchev–Trinajstić information content (AvgIpc) is 2.57. The van der Waals surface area contributed by atoms with Gasteiger partial charge in [0.2, 0.25) is 0 Å². The quantitative estimate of drug-likeness (QED) is 0.492. The van der Waals surface area contributed by atoms with Gasteiger partial charge in [-0.2, -0.15) is 0 Å². The maximum absolute atomic E-state index is 12.0. The minimum Gasteiger partial charge on any atom is -0.494 e. The van der Waals surface area contributed by atoms with Crippen LogP contribution in [0.5, 0.6) is 5.75 Å². The Bertz CT molecular complexity index is 854. The van der Waals surface area contributed by atoms with E-state index in [4.69, 9.17) is 16.3 Å². The summed E-state index contributed by atoms with van der Waals surface area (Å²) in [4.78, 5) is 34.2. The van der Waals surface area contributed by atoms with Gasteiger partial charge in [0.1, 0.15) is 5.75 Å². The third-order valence-electron chi connectivity index (χ3n) is 3.29. The van der Waals surface area contributed by atoms with Crippen LogP contribution >= 0.6 is 11.6 Å². The molecule has 2 rings (SSSR count). The summed E-state index contributed by atoms with van der Waals surface area (Å²) < 4.78 is 5.00. The number of anilines is 2. The van der Waals surface area contributed by atoms with E-state index in [1.54, 1.807) is 25.1 Å². The number of methoxy groups -OCH3 is 1. The molecule has 25 heavy (non-hydrogen) atoms. The molecule has 0 fully saturated rings. The van der Waals surface area contributed by atoms with Crippen molar-refractivity contribution in [3.05, 3.63) is 57.1 Å². The second kappa shape index (κ2) is 7.63. The van der Waals surface area contributed by atoms with Crippen molar-refractivity contribution in [3.63, 3.8) is 0 Å². The van der Waals surface area contributed by atoms with E-state index in [0.29, 0.717) is 16.3 Å². The lowest BCUT2D eigenvalue weighted by Crippen LogP contribution is -2.29. The molecule has 0 aliphatic heterocycles. The van der Waals surface area contributed by atoms with Crippen molar-refractivity contribution < 1.29 is 19.2 Å². The van der Waals surface area contributed by atoms with Crippen molar-refractivity contribution in [2.24, 2.45) is 0 Å². The van der Waals surface area contributed by atoms with Gasteiger partial charge < -0.3 is 15.4 Å². The lowest BCUT2D eigenvalue weighted by molar-refractivity contribution is -0.384. The van der Waals surface area contributed by atoms with Crippen LogP contribution in [0.4, 0.5) is 17.1 Å². The van der Waals surface area contributed by atoms with Gasteiger partial charge in [0.15, 0.2) is 0 Å². The molecule has 0 unspecified atom stereocenters. The lowest BCUT2D eigenvalue weighted by atomic mass is 10.2. The number of hydrogen-bond acceptors (Lipinski definition) is 5. The molecule has 8 nitrogen and oxygen atoms in total. The number of aryl methyl sites for hydroxylation is 1. The van der Waals surface area contributed by atoms with Crippen molar-refractivity contribution >= 4 is 40.5 Å². The smallest absolute Gasteiger partial charge is 0.314 e. The summed E-state index contributed by atoms with van der Waals surface area (Å²) in [5.74, 6) is -1.77. The second-order valence-electron chi connectivity index (χ2n) is 5.01. The first kappa shape index (κ1) is 18.2. The van der Waals surface area contributed by atoms with E-state index in [1.165, 1.54) is 19.2 Å². The van der Waals surface area contributed by atoms with E-state index in [0.717, 1.165) is 6.07 Å². The van der Waals surface area contributed by atoms with E-state index in [1.807, 2.05) is 0 Å². The van der Waals surface area contributed by atoms with Gasteiger partial charge in [0.25, 0.3) is 5.69 Å². The highest BCUT2D eigenvalue weighted by molar-refractivity contribution is 6.44. The molecule has 0 saturated heterocycles. The Morgan fingerprint density at radius 1 is 1.08 bits per heavy atom. The number of nitrogens with one attached hydrogen (secondary N) is 2. The Balaban J connectivity index is 2.13. The monoisotopic (exact) mass is 363 g/mol.